The van der Waals surface area contributed by atoms with E-state index in [-0.39, 0.29) is 45.2 Å². The zero-order valence-corrected chi connectivity index (χ0v) is 91.0. The summed E-state index contributed by atoms with van der Waals surface area (Å²) in [6.45, 7) is 16.1. The Labute approximate surface area is 890 Å². The number of amides is 6. The Morgan fingerprint density at radius 2 is 0.585 bits per heavy atom. The van der Waals surface area contributed by atoms with Crippen molar-refractivity contribution in [2.45, 2.75) is 97.7 Å². The van der Waals surface area contributed by atoms with E-state index >= 15 is 0 Å². The molecule has 0 radical (unpaired) electrons. The molecule has 47 heteroatoms. The van der Waals surface area contributed by atoms with E-state index in [0.717, 1.165) is 195 Å². The number of hydrogen-bond donors (Lipinski definition) is 10. The van der Waals surface area contributed by atoms with Crippen LogP contribution >= 0.6 is 115 Å². The highest BCUT2D eigenvalue weighted by Gasteiger charge is 2.34. The number of nitrogens with one attached hydrogen (secondary N) is 8. The number of thioether (sulfide) groups is 5. The van der Waals surface area contributed by atoms with Crippen molar-refractivity contribution < 1.29 is 45.6 Å². The average Bonchev–Trinajstić information content (AvgIpc) is 1.67. The maximum atomic E-state index is 13.0. The first kappa shape index (κ1) is 104. The number of fused-ring (bicyclic) bond motifs is 15. The van der Waals surface area contributed by atoms with E-state index in [1.807, 2.05) is 76.8 Å². The van der Waals surface area contributed by atoms with Crippen LogP contribution in [0.4, 0.5) is 63.9 Å². The van der Waals surface area contributed by atoms with Gasteiger partial charge in [-0.2, -0.15) is 0 Å². The van der Waals surface area contributed by atoms with Gasteiger partial charge < -0.3 is 67.0 Å². The molecule has 12 N–H and O–H groups in total. The number of primary sulfonamides is 2. The Morgan fingerprint density at radius 3 is 0.857 bits per heavy atom. The highest BCUT2D eigenvalue weighted by atomic mass is 32.2. The topological polar surface area (TPSA) is 464 Å². The van der Waals surface area contributed by atoms with Gasteiger partial charge in [0.1, 0.15) is 0 Å². The lowest BCUT2D eigenvalue weighted by Crippen LogP contribution is -2.46. The molecule has 0 saturated carbocycles. The number of rotatable bonds is 18. The summed E-state index contributed by atoms with van der Waals surface area (Å²) in [6.07, 6.45) is 9.04. The van der Waals surface area contributed by atoms with Gasteiger partial charge in [0.25, 0.3) is 29.5 Å². The third-order valence-electron chi connectivity index (χ3n) is 23.2. The first-order valence-corrected chi connectivity index (χ1v) is 58.0. The van der Waals surface area contributed by atoms with Gasteiger partial charge in [0, 0.05) is 248 Å². The average molecular weight is 2200 g/mol. The van der Waals surface area contributed by atoms with Crippen LogP contribution in [0.3, 0.4) is 0 Å². The summed E-state index contributed by atoms with van der Waals surface area (Å²) in [5.74, 6) is 6.38. The molecule has 5 aromatic carbocycles. The lowest BCUT2D eigenvalue weighted by molar-refractivity contribution is -0.114. The van der Waals surface area contributed by atoms with Crippen molar-refractivity contribution in [1.82, 2.24) is 85.0 Å². The number of aryl methyl sites for hydroxylation is 4. The van der Waals surface area contributed by atoms with Crippen molar-refractivity contribution in [3.63, 3.8) is 0 Å². The predicted octanol–water partition coefficient (Wildman–Crippen LogP) is 18.5. The molecule has 10 aromatic heterocycles. The molecule has 2 fully saturated rings. The van der Waals surface area contributed by atoms with Crippen LogP contribution in [0.1, 0.15) is 102 Å². The summed E-state index contributed by atoms with van der Waals surface area (Å²) in [5, 5.41) is 35.6. The summed E-state index contributed by atoms with van der Waals surface area (Å²) >= 11 is 16.1. The largest absolute Gasteiger partial charge is 0.344 e. The molecule has 0 bridgehead atoms. The van der Waals surface area contributed by atoms with Crippen molar-refractivity contribution in [1.29, 1.82) is 0 Å². The van der Waals surface area contributed by atoms with E-state index in [4.69, 9.17) is 25.2 Å². The molecule has 0 unspecified atom stereocenters. The zero-order chi connectivity index (χ0) is 103. The first-order chi connectivity index (χ1) is 70.5. The molecule has 7 aliphatic rings. The molecule has 17 heterocycles. The number of sulfonamides is 2. The molecule has 22 rings (SSSR count). The van der Waals surface area contributed by atoms with Gasteiger partial charge in [-0.15, -0.1) is 115 Å². The van der Waals surface area contributed by atoms with Gasteiger partial charge in [-0.3, -0.25) is 28.8 Å². The minimum absolute atomic E-state index is 0.00172. The molecule has 0 atom stereocenters. The Kier molecular flexibility index (Phi) is 32.0. The lowest BCUT2D eigenvalue weighted by Gasteiger charge is -2.26. The molecule has 2 saturated heterocycles. The van der Waals surface area contributed by atoms with Crippen LogP contribution in [0.15, 0.2) is 205 Å². The number of piperazine rings is 2. The number of hydrogen-bond acceptors (Lipinski definition) is 37. The van der Waals surface area contributed by atoms with E-state index in [1.54, 1.807) is 181 Å². The maximum absolute atomic E-state index is 13.0. The monoisotopic (exact) mass is 2190 g/mol. The molecule has 6 amide bonds. The Morgan fingerprint density at radius 1 is 0.333 bits per heavy atom. The summed E-state index contributed by atoms with van der Waals surface area (Å²) in [7, 11) is 2.90. The minimum atomic E-state index is -3.81. The molecule has 0 aliphatic carbocycles. The second-order valence-electron chi connectivity index (χ2n) is 35.2. The van der Waals surface area contributed by atoms with E-state index in [2.05, 4.69) is 142 Å². The zero-order valence-electron chi connectivity index (χ0n) is 81.2. The van der Waals surface area contributed by atoms with Gasteiger partial charge in [0.05, 0.1) is 87.1 Å². The van der Waals surface area contributed by atoms with Crippen molar-refractivity contribution in [2.75, 3.05) is 127 Å². The lowest BCUT2D eigenvalue weighted by atomic mass is 10.1. The summed E-state index contributed by atoms with van der Waals surface area (Å²) in [4.78, 5) is 143. The highest BCUT2D eigenvalue weighted by molar-refractivity contribution is 8.00. The van der Waals surface area contributed by atoms with E-state index in [9.17, 15) is 45.6 Å². The Balaban J connectivity index is 0.000000120. The minimum Gasteiger partial charge on any atom is -0.344 e. The maximum Gasteiger partial charge on any atom is 0.264 e. The normalized spacial score (nSPS) is 13.7. The molecule has 756 valence electrons. The van der Waals surface area contributed by atoms with E-state index in [0.29, 0.717) is 69.6 Å². The fourth-order valence-electron chi connectivity index (χ4n) is 16.4. The van der Waals surface area contributed by atoms with Crippen LogP contribution in [0.25, 0.3) is 56.3 Å². The summed E-state index contributed by atoms with van der Waals surface area (Å²) in [5.41, 5.74) is 18.4. The number of carbonyl (C=O) groups excluding carboxylic acids is 6. The number of aromatic nitrogens is 10. The van der Waals surface area contributed by atoms with Gasteiger partial charge in [0.15, 0.2) is 0 Å². The van der Waals surface area contributed by atoms with Crippen molar-refractivity contribution in [3.8, 4) is 56.3 Å². The summed E-state index contributed by atoms with van der Waals surface area (Å²) in [6, 6.07) is 42.0. The van der Waals surface area contributed by atoms with E-state index < -0.39 is 20.0 Å². The number of thiophene rings is 5. The van der Waals surface area contributed by atoms with Gasteiger partial charge in [0.2, 0.25) is 55.7 Å². The number of benzene rings is 5. The van der Waals surface area contributed by atoms with Gasteiger partial charge >= 0.3 is 0 Å². The molecular formula is C100H99N25O10S12. The van der Waals surface area contributed by atoms with Crippen molar-refractivity contribution in [2.24, 2.45) is 10.3 Å². The van der Waals surface area contributed by atoms with Crippen LogP contribution < -0.4 is 52.8 Å². The third kappa shape index (κ3) is 25.0. The first-order valence-electron chi connectivity index (χ1n) is 45.9. The number of nitrogens with zero attached hydrogens (tertiary/aromatic N) is 15. The fourth-order valence-corrected chi connectivity index (χ4v) is 28.7. The predicted molar refractivity (Wildman–Crippen MR) is 591 cm³/mol. The van der Waals surface area contributed by atoms with Crippen LogP contribution in [0.5, 0.6) is 0 Å². The van der Waals surface area contributed by atoms with Crippen LogP contribution in [-0.2, 0) is 53.6 Å². The smallest absolute Gasteiger partial charge is 0.264 e. The molecule has 147 heavy (non-hydrogen) atoms. The van der Waals surface area contributed by atoms with Crippen molar-refractivity contribution >= 4 is 235 Å². The molecular weight excluding hydrogens is 2100 g/mol. The quantitative estimate of drug-likeness (QED) is 0.0381. The van der Waals surface area contributed by atoms with Crippen LogP contribution in [0, 0.1) is 27.7 Å². The second-order valence-corrected chi connectivity index (χ2v) is 49.1. The number of carbonyl (C=O) groups is 6. The molecule has 7 aliphatic heterocycles. The number of nitrogens with two attached hydrogens (primary N) is 2. The van der Waals surface area contributed by atoms with Crippen molar-refractivity contribution in [3.05, 3.63) is 242 Å². The SMILES string of the molecule is CC(=O)Nc1cccc(Nc2ncc3c(n2)-c2cc(C(=O)N(C)C)sc2CS3)c1.CN(C)C(=O)c1cc2c(s1)CSc1cnc(Nc3cccc(S(N)(=O)=O)c3)nc1-2.Cc1cc(C)cc(Nc2ncc3c(n2)-c2cc(C(=O)N(C)C)sc2CS3)c1.Cc1cc(C)cc(Nc2ncc3c(n2)-c2cc(C(=O)N4CCNCC4)sc2CS3)c1.NS(=O)(=O)c1cccc(Nc2ncc3c(n2)-c2cc(C(=O)N4CCNCC4)sc2CS3)c1. The van der Waals surface area contributed by atoms with Crippen LogP contribution in [0.2, 0.25) is 0 Å². The molecule has 0 spiro atoms. The van der Waals surface area contributed by atoms with E-state index in [1.165, 1.54) is 97.2 Å². The second kappa shape index (κ2) is 45.2. The Bertz CT molecular complexity index is 7870. The third-order valence-corrected chi connectivity index (χ3v) is 36.8. The Hall–Kier alpha value is -12.7. The van der Waals surface area contributed by atoms with Gasteiger partial charge in [-0.05, 0) is 159 Å². The standard InChI is InChI=1S/C22H23N5OS2.C20H20N6O3S3.C20H19N5O2S2.C20H20N4OS2.C18H17N5O3S3/c1-13-7-14(2)9-15(8-13)25-22-24-11-18-20(26-22)16-10-17(30-19(16)12-29-18)21(28)27-5-3-23-4-6-27;21-32(28,29)13-3-1-2-12(8-13)24-20-23-10-16-18(25-20)14-9-15(31-17(14)11-30-16)19(27)26-6-4-22-5-7-26;1-11(26)22-12-5-4-6-13(7-12)23-20-21-9-16-18(24-20)14-8-15(19(27)25(2)3)29-17(14)10-28-16;1-11-5-12(2)7-13(6-11)22-20-21-9-16-18(23-20)14-8-15(19(25)24(3)4)27-17(14)10-26-16;1-23(2)17(24)13-7-12-15(28-13)9-27-14-8-20-18(22-16(12)14)21-10-4-3-5-11(6-10)29(19,25)26/h7-11,23H,3-6,12H2,1-2H3,(H,24,25,26);1-3,8-10,22H,4-7,11H2,(H2,21,28,29)(H,23,24,25);4-9H,10H2,1-3H3,(H,22,26)(H,21,23,24);5-9H,10H2,1-4H3,(H,21,22,23);3-8H,9H2,1-2H3,(H2,19,25,26)(H,20,21,22). The van der Waals surface area contributed by atoms with Gasteiger partial charge in [-0.25, -0.2) is 77.0 Å². The molecule has 35 nitrogen and oxygen atoms in total. The van der Waals surface area contributed by atoms with Crippen LogP contribution in [-0.4, -0.2) is 221 Å². The number of anilines is 11. The summed E-state index contributed by atoms with van der Waals surface area (Å²) < 4.78 is 46.4. The van der Waals surface area contributed by atoms with Gasteiger partial charge in [-0.1, -0.05) is 30.3 Å². The fraction of sp³-hybridized carbons (Fsp3) is 0.240. The highest BCUT2D eigenvalue weighted by Crippen LogP contribution is 2.51. The molecule has 15 aromatic rings.